The molecule has 2 N–H and O–H groups in total. The summed E-state index contributed by atoms with van der Waals surface area (Å²) in [5, 5.41) is 9.13. The maximum atomic E-state index is 9.13. The van der Waals surface area contributed by atoms with E-state index < -0.39 is 18.6 Å². The van der Waals surface area contributed by atoms with Gasteiger partial charge < -0.3 is 0 Å². The van der Waals surface area contributed by atoms with Crippen LogP contribution in [0, 0.1) is 0 Å². The van der Waals surface area contributed by atoms with Crippen molar-refractivity contribution in [1.82, 2.24) is 3.26 Å². The SMILES string of the molecule is Cl.Cl.[CH2]=[Zr]([CH3])([CH2]CCO)([NH]C(C)(C)C)[C]1=CC=CC1. The summed E-state index contributed by atoms with van der Waals surface area (Å²) in [5.74, 6) is 0. The molecule has 0 spiro atoms. The van der Waals surface area contributed by atoms with Gasteiger partial charge in [-0.25, -0.2) is 0 Å². The summed E-state index contributed by atoms with van der Waals surface area (Å²) in [6.45, 7) is 6.88. The van der Waals surface area contributed by atoms with Gasteiger partial charge in [0, 0.05) is 0 Å². The van der Waals surface area contributed by atoms with Gasteiger partial charge in [-0.3, -0.25) is 0 Å². The minimum atomic E-state index is -3.30. The van der Waals surface area contributed by atoms with Crippen LogP contribution in [0.2, 0.25) is 8.76 Å². The third-order valence-corrected chi connectivity index (χ3v) is 16.8. The number of halogens is 2. The van der Waals surface area contributed by atoms with Crippen molar-refractivity contribution in [2.24, 2.45) is 0 Å². The molecular weight excluding hydrogens is 360 g/mol. The Morgan fingerprint density at radius 3 is 2.32 bits per heavy atom. The molecule has 0 atom stereocenters. The average Bonchev–Trinajstić information content (AvgIpc) is 2.65. The zero-order valence-corrected chi connectivity index (χ0v) is 16.6. The van der Waals surface area contributed by atoms with Crippen LogP contribution in [0.3, 0.4) is 0 Å². The second kappa shape index (κ2) is 7.66. The molecule has 1 aliphatic rings. The van der Waals surface area contributed by atoms with Gasteiger partial charge in [-0.15, -0.1) is 24.8 Å². The number of allylic oxidation sites excluding steroid dienone is 4. The van der Waals surface area contributed by atoms with Gasteiger partial charge in [-0.1, -0.05) is 0 Å². The van der Waals surface area contributed by atoms with E-state index in [-0.39, 0.29) is 37.0 Å². The Labute approximate surface area is 131 Å². The number of aliphatic hydroxyl groups is 1. The van der Waals surface area contributed by atoms with Crippen LogP contribution in [0.4, 0.5) is 0 Å². The van der Waals surface area contributed by atoms with Crippen LogP contribution < -0.4 is 3.26 Å². The van der Waals surface area contributed by atoms with Crippen molar-refractivity contribution in [1.29, 1.82) is 0 Å². The molecule has 0 aromatic rings. The summed E-state index contributed by atoms with van der Waals surface area (Å²) in [5.41, 5.74) is 0.0840. The molecule has 0 bridgehead atoms. The van der Waals surface area contributed by atoms with Gasteiger partial charge in [-0.2, -0.15) is 0 Å². The summed E-state index contributed by atoms with van der Waals surface area (Å²) < 4.78 is 13.5. The summed E-state index contributed by atoms with van der Waals surface area (Å²) in [6, 6.07) is 0. The van der Waals surface area contributed by atoms with Crippen molar-refractivity contribution in [3.8, 4) is 0 Å². The molecule has 114 valence electrons. The van der Waals surface area contributed by atoms with E-state index in [9.17, 15) is 0 Å². The molecule has 19 heavy (non-hydrogen) atoms. The number of hydrogen-bond donors (Lipinski definition) is 2. The van der Waals surface area contributed by atoms with Gasteiger partial charge in [0.25, 0.3) is 0 Å². The van der Waals surface area contributed by atoms with E-state index in [1.165, 1.54) is 3.28 Å². The predicted octanol–water partition coefficient (Wildman–Crippen LogP) is 3.95. The summed E-state index contributed by atoms with van der Waals surface area (Å²) in [7, 11) is 0. The third kappa shape index (κ3) is 6.35. The van der Waals surface area contributed by atoms with Crippen molar-refractivity contribution in [3.05, 3.63) is 21.5 Å². The Bertz CT molecular complexity index is 410. The first-order valence-electron chi connectivity index (χ1n) is 6.49. The van der Waals surface area contributed by atoms with Crippen molar-refractivity contribution in [2.75, 3.05) is 6.61 Å². The van der Waals surface area contributed by atoms with Gasteiger partial charge in [0.15, 0.2) is 0 Å². The Hall–Kier alpha value is 0.733. The molecule has 1 rings (SSSR count). The van der Waals surface area contributed by atoms with Gasteiger partial charge in [0.2, 0.25) is 0 Å². The van der Waals surface area contributed by atoms with Crippen LogP contribution in [0.25, 0.3) is 0 Å². The Morgan fingerprint density at radius 1 is 1.37 bits per heavy atom. The standard InChI is InChI=1S/C5H5.C4H10N.C3H7O.CH3.CH2.2ClH.Zr/c1-2-4-5-3-1;1-4(2,3)5;1-2-3-4;;;;;/h1-3H,4H2;5H,1-3H3;4H,1-3H2;1H3;1H2;2*1H;/q;-1;;;;;;+1. The zero-order chi connectivity index (χ0) is 13.2. The van der Waals surface area contributed by atoms with E-state index in [1.54, 1.807) is 0 Å². The van der Waals surface area contributed by atoms with Crippen molar-refractivity contribution >= 4 is 29.0 Å². The first kappa shape index (κ1) is 22.0. The Morgan fingerprint density at radius 2 is 1.95 bits per heavy atom. The fourth-order valence-electron chi connectivity index (χ4n) is 2.94. The van der Waals surface area contributed by atoms with E-state index in [0.717, 1.165) is 17.0 Å². The van der Waals surface area contributed by atoms with E-state index in [4.69, 9.17) is 5.11 Å². The second-order valence-electron chi connectivity index (χ2n) is 6.82. The quantitative estimate of drug-likeness (QED) is 0.746. The molecule has 1 aliphatic carbocycles. The Kier molecular flexibility index (Phi) is 8.88. The van der Waals surface area contributed by atoms with Gasteiger partial charge in [0.1, 0.15) is 0 Å². The molecule has 0 fully saturated rings. The van der Waals surface area contributed by atoms with Crippen LogP contribution in [-0.4, -0.2) is 21.5 Å². The number of nitrogens with one attached hydrogen (secondary N) is 1. The van der Waals surface area contributed by atoms with E-state index in [2.05, 4.69) is 51.1 Å². The van der Waals surface area contributed by atoms with Crippen LogP contribution in [-0.2, 0) is 18.6 Å². The number of hydrogen-bond acceptors (Lipinski definition) is 2. The second-order valence-corrected chi connectivity index (χ2v) is 21.5. The van der Waals surface area contributed by atoms with Gasteiger partial charge >= 0.3 is 107 Å². The van der Waals surface area contributed by atoms with Crippen LogP contribution in [0.1, 0.15) is 33.6 Å². The molecule has 0 saturated heterocycles. The monoisotopic (exact) mass is 387 g/mol. The molecule has 0 aromatic heterocycles. The van der Waals surface area contributed by atoms with Crippen molar-refractivity contribution in [2.45, 2.75) is 47.9 Å². The first-order chi connectivity index (χ1) is 7.66. The maximum absolute atomic E-state index is 9.13. The zero-order valence-electron chi connectivity index (χ0n) is 12.5. The van der Waals surface area contributed by atoms with E-state index in [1.807, 2.05) is 0 Å². The normalized spacial score (nSPS) is 15.6. The molecule has 0 heterocycles. The van der Waals surface area contributed by atoms with Crippen LogP contribution in [0.15, 0.2) is 21.5 Å². The number of rotatable bonds is 5. The number of aliphatic hydroxyl groups excluding tert-OH is 1. The van der Waals surface area contributed by atoms with Gasteiger partial charge in [-0.05, 0) is 0 Å². The van der Waals surface area contributed by atoms with Gasteiger partial charge in [0.05, 0.1) is 0 Å². The van der Waals surface area contributed by atoms with Crippen LogP contribution in [0.5, 0.6) is 0 Å². The topological polar surface area (TPSA) is 32.3 Å². The predicted molar refractivity (Wildman–Crippen MR) is 88.7 cm³/mol. The van der Waals surface area contributed by atoms with Crippen LogP contribution >= 0.6 is 24.8 Å². The van der Waals surface area contributed by atoms with E-state index in [0.29, 0.717) is 0 Å². The summed E-state index contributed by atoms with van der Waals surface area (Å²) in [6.07, 6.45) is 8.49. The molecule has 5 heteroatoms. The molecular formula is C14H29Cl2NOZr. The van der Waals surface area contributed by atoms with Crippen molar-refractivity contribution in [3.63, 3.8) is 0 Å². The molecule has 0 saturated carbocycles. The molecule has 2 nitrogen and oxygen atoms in total. The summed E-state index contributed by atoms with van der Waals surface area (Å²) in [4.78, 5) is 0. The molecule has 0 radical (unpaired) electrons. The fourth-order valence-corrected chi connectivity index (χ4v) is 15.7. The first-order valence-corrected chi connectivity index (χ1v) is 14.9. The minimum absolute atomic E-state index is 0. The average molecular weight is 390 g/mol. The third-order valence-electron chi connectivity index (χ3n) is 3.46. The molecule has 0 amide bonds. The summed E-state index contributed by atoms with van der Waals surface area (Å²) >= 11 is -3.30. The van der Waals surface area contributed by atoms with E-state index >= 15 is 0 Å². The van der Waals surface area contributed by atoms with Crippen molar-refractivity contribution < 1.29 is 23.7 Å². The molecule has 0 aliphatic heterocycles. The molecule has 0 aromatic carbocycles. The molecule has 0 unspecified atom stereocenters. The Balaban J connectivity index is 0. The fraction of sp³-hybridized carbons (Fsp3) is 0.643.